The van der Waals surface area contributed by atoms with Crippen LogP contribution in [-0.2, 0) is 20.8 Å². The number of hydrogen-bond acceptors (Lipinski definition) is 9. The second-order valence-electron chi connectivity index (χ2n) is 13.0. The van der Waals surface area contributed by atoms with Crippen molar-refractivity contribution < 1.29 is 34.8 Å². The van der Waals surface area contributed by atoms with Crippen molar-refractivity contribution in [2.24, 2.45) is 17.3 Å². The Morgan fingerprint density at radius 2 is 1.75 bits per heavy atom. The van der Waals surface area contributed by atoms with E-state index in [0.29, 0.717) is 17.7 Å². The summed E-state index contributed by atoms with van der Waals surface area (Å²) in [6.45, 7) is 7.45. The lowest BCUT2D eigenvalue weighted by Gasteiger charge is -2.50. The summed E-state index contributed by atoms with van der Waals surface area (Å²) < 4.78 is 0. The van der Waals surface area contributed by atoms with E-state index in [1.54, 1.807) is 44.1 Å². The van der Waals surface area contributed by atoms with Crippen LogP contribution in [0.3, 0.4) is 0 Å². The molecule has 0 heterocycles. The number of aromatic hydroxyl groups is 1. The number of fused-ring (bicyclic) bond motifs is 3. The molecule has 0 aromatic heterocycles. The number of nitrogens with zero attached hydrogens (tertiary/aromatic N) is 2. The maximum Gasteiger partial charge on any atom is 0.224 e. The van der Waals surface area contributed by atoms with Crippen LogP contribution in [0.15, 0.2) is 23.0 Å². The van der Waals surface area contributed by atoms with E-state index in [4.69, 9.17) is 0 Å². The first-order valence-corrected chi connectivity index (χ1v) is 13.6. The van der Waals surface area contributed by atoms with E-state index >= 15 is 0 Å². The van der Waals surface area contributed by atoms with E-state index in [2.05, 4.69) is 5.32 Å². The third-order valence-corrected chi connectivity index (χ3v) is 8.55. The average molecular weight is 556 g/mol. The van der Waals surface area contributed by atoms with Crippen LogP contribution in [0.1, 0.15) is 58.1 Å². The minimum absolute atomic E-state index is 0.00945. The van der Waals surface area contributed by atoms with E-state index in [0.717, 1.165) is 0 Å². The molecule has 218 valence electrons. The first-order valence-electron chi connectivity index (χ1n) is 13.6. The maximum absolute atomic E-state index is 14.0. The zero-order valence-corrected chi connectivity index (χ0v) is 24.5. The Labute approximate surface area is 235 Å². The normalized spacial score (nSPS) is 26.5. The molecule has 1 aromatic carbocycles. The number of phenolic OH excluding ortho intramolecular Hbond substituents is 1. The summed E-state index contributed by atoms with van der Waals surface area (Å²) in [5.74, 6) is -4.64. The van der Waals surface area contributed by atoms with Crippen LogP contribution in [0, 0.1) is 17.3 Å². The summed E-state index contributed by atoms with van der Waals surface area (Å²) in [7, 11) is 6.96. The third kappa shape index (κ3) is 4.56. The van der Waals surface area contributed by atoms with Gasteiger partial charge in [0.15, 0.2) is 11.4 Å². The molecule has 1 fully saturated rings. The molecule has 40 heavy (non-hydrogen) atoms. The minimum atomic E-state index is -2.40. The van der Waals surface area contributed by atoms with Gasteiger partial charge in [0, 0.05) is 43.3 Å². The highest BCUT2D eigenvalue weighted by Crippen LogP contribution is 2.54. The molecule has 10 nitrogen and oxygen atoms in total. The fraction of sp³-hybridized carbons (Fsp3) is 0.567. The summed E-state index contributed by atoms with van der Waals surface area (Å²) in [4.78, 5) is 43.3. The number of benzene rings is 1. The molecule has 4 atom stereocenters. The number of aliphatic hydroxyl groups is 3. The SMILES string of the molecule is CC1=C(O)[C@@]2(O)C(=O)C3=C(O)c4c(O)c(NC(=O)CCC(C)(C)C)cc(N(C)C)c4C[C@H]3C[C@H]2[C@H](N(C)C)C1=O. The van der Waals surface area contributed by atoms with E-state index < -0.39 is 40.8 Å². The number of Topliss-reactive ketones (excluding diaryl/α,β-unsaturated/α-hetero) is 2. The number of rotatable bonds is 5. The molecule has 0 bridgehead atoms. The summed E-state index contributed by atoms with van der Waals surface area (Å²) in [6.07, 6.45) is 1.25. The highest BCUT2D eigenvalue weighted by atomic mass is 16.3. The average Bonchev–Trinajstić information content (AvgIpc) is 2.84. The smallest absolute Gasteiger partial charge is 0.224 e. The van der Waals surface area contributed by atoms with Gasteiger partial charge in [-0.15, -0.1) is 0 Å². The third-order valence-electron chi connectivity index (χ3n) is 8.55. The van der Waals surface area contributed by atoms with Gasteiger partial charge in [-0.25, -0.2) is 0 Å². The second kappa shape index (κ2) is 9.92. The molecule has 5 N–H and O–H groups in total. The standard InChI is InChI=1S/C30H41N3O7/c1-14-24(35)23(33(7)8)17-12-15-11-16-19(32(5)6)13-18(31-20(34)9-10-29(2,3)4)25(36)22(16)26(37)21(15)28(39)30(17,40)27(14)38/h13,15,17,23,36-38,40H,9-12H2,1-8H3,(H,31,34)/t15-,17-,23-,30+/m0/s1. The first kappa shape index (κ1) is 29.6. The van der Waals surface area contributed by atoms with Gasteiger partial charge in [-0.2, -0.15) is 0 Å². The lowest BCUT2D eigenvalue weighted by molar-refractivity contribution is -0.153. The molecule has 0 unspecified atom stereocenters. The lowest BCUT2D eigenvalue weighted by Crippen LogP contribution is -2.64. The Morgan fingerprint density at radius 1 is 1.12 bits per heavy atom. The van der Waals surface area contributed by atoms with Crippen LogP contribution in [0.5, 0.6) is 5.75 Å². The first-order chi connectivity index (χ1) is 18.4. The molecule has 3 aliphatic rings. The Balaban J connectivity index is 1.86. The van der Waals surface area contributed by atoms with Gasteiger partial charge >= 0.3 is 0 Å². The Bertz CT molecular complexity index is 1350. The topological polar surface area (TPSA) is 151 Å². The molecule has 0 radical (unpaired) electrons. The van der Waals surface area contributed by atoms with Crippen LogP contribution in [-0.4, -0.2) is 82.6 Å². The van der Waals surface area contributed by atoms with E-state index in [1.165, 1.54) is 6.92 Å². The number of ketones is 2. The van der Waals surface area contributed by atoms with E-state index in [1.807, 2.05) is 20.8 Å². The fourth-order valence-corrected chi connectivity index (χ4v) is 6.42. The van der Waals surface area contributed by atoms with Crippen molar-refractivity contribution in [3.63, 3.8) is 0 Å². The van der Waals surface area contributed by atoms with Gasteiger partial charge in [0.2, 0.25) is 11.7 Å². The van der Waals surface area contributed by atoms with Crippen molar-refractivity contribution in [2.75, 3.05) is 38.4 Å². The molecule has 1 saturated carbocycles. The molecule has 0 aliphatic heterocycles. The van der Waals surface area contributed by atoms with Crippen LogP contribution in [0.4, 0.5) is 11.4 Å². The number of aliphatic hydroxyl groups excluding tert-OH is 2. The van der Waals surface area contributed by atoms with Crippen molar-refractivity contribution in [2.45, 2.75) is 65.0 Å². The predicted molar refractivity (Wildman–Crippen MR) is 152 cm³/mol. The van der Waals surface area contributed by atoms with E-state index in [-0.39, 0.29) is 64.5 Å². The van der Waals surface area contributed by atoms with Gasteiger partial charge in [-0.3, -0.25) is 19.3 Å². The summed E-state index contributed by atoms with van der Waals surface area (Å²) in [5.41, 5.74) is -1.33. The van der Waals surface area contributed by atoms with Crippen molar-refractivity contribution in [3.8, 4) is 5.75 Å². The number of carbonyl (C=O) groups is 3. The Kier molecular flexibility index (Phi) is 7.34. The molecular weight excluding hydrogens is 514 g/mol. The van der Waals surface area contributed by atoms with Crippen molar-refractivity contribution in [1.29, 1.82) is 0 Å². The summed E-state index contributed by atoms with van der Waals surface area (Å²) in [5, 5.41) is 48.3. The van der Waals surface area contributed by atoms with Crippen molar-refractivity contribution in [3.05, 3.63) is 34.1 Å². The van der Waals surface area contributed by atoms with Gasteiger partial charge in [-0.1, -0.05) is 20.8 Å². The highest BCUT2D eigenvalue weighted by Gasteiger charge is 2.63. The largest absolute Gasteiger partial charge is 0.508 e. The monoisotopic (exact) mass is 555 g/mol. The molecule has 4 rings (SSSR count). The molecule has 3 aliphatic carbocycles. The highest BCUT2D eigenvalue weighted by molar-refractivity contribution is 6.14. The van der Waals surface area contributed by atoms with Crippen LogP contribution >= 0.6 is 0 Å². The number of amides is 1. The number of phenols is 1. The Morgan fingerprint density at radius 3 is 2.30 bits per heavy atom. The molecule has 1 aromatic rings. The second-order valence-corrected chi connectivity index (χ2v) is 13.0. The number of anilines is 2. The maximum atomic E-state index is 14.0. The molecular formula is C30H41N3O7. The summed E-state index contributed by atoms with van der Waals surface area (Å²) in [6, 6.07) is 0.801. The Hall–Kier alpha value is -3.37. The minimum Gasteiger partial charge on any atom is -0.508 e. The number of likely N-dealkylation sites (N-methyl/N-ethyl adjacent to an activating group) is 1. The summed E-state index contributed by atoms with van der Waals surface area (Å²) >= 11 is 0. The van der Waals surface area contributed by atoms with Crippen molar-refractivity contribution in [1.82, 2.24) is 4.90 Å². The fourth-order valence-electron chi connectivity index (χ4n) is 6.42. The number of hydrogen-bond donors (Lipinski definition) is 5. The molecule has 10 heteroatoms. The van der Waals surface area contributed by atoms with Gasteiger partial charge in [0.25, 0.3) is 0 Å². The predicted octanol–water partition coefficient (Wildman–Crippen LogP) is 3.33. The lowest BCUT2D eigenvalue weighted by atomic mass is 9.57. The van der Waals surface area contributed by atoms with E-state index in [9.17, 15) is 34.8 Å². The van der Waals surface area contributed by atoms with Gasteiger partial charge in [0.05, 0.1) is 17.3 Å². The van der Waals surface area contributed by atoms with Crippen LogP contribution in [0.2, 0.25) is 0 Å². The van der Waals surface area contributed by atoms with Gasteiger partial charge in [0.1, 0.15) is 17.3 Å². The molecule has 0 spiro atoms. The van der Waals surface area contributed by atoms with Crippen molar-refractivity contribution >= 4 is 34.6 Å². The van der Waals surface area contributed by atoms with Crippen LogP contribution in [0.25, 0.3) is 5.76 Å². The van der Waals surface area contributed by atoms with Gasteiger partial charge < -0.3 is 30.6 Å². The molecule has 1 amide bonds. The zero-order valence-electron chi connectivity index (χ0n) is 24.5. The quantitative estimate of drug-likeness (QED) is 0.345. The zero-order chi connectivity index (χ0) is 30.1. The molecule has 0 saturated heterocycles. The van der Waals surface area contributed by atoms with Gasteiger partial charge in [-0.05, 0) is 63.2 Å². The number of carbonyl (C=O) groups excluding carboxylic acids is 3. The van der Waals surface area contributed by atoms with Crippen LogP contribution < -0.4 is 10.2 Å². The number of nitrogens with one attached hydrogen (secondary N) is 1.